The number of amides is 1. The third-order valence-corrected chi connectivity index (χ3v) is 6.43. The number of imidazole rings is 1. The first-order valence-electron chi connectivity index (χ1n) is 10.9. The maximum atomic E-state index is 12.8. The van der Waals surface area contributed by atoms with E-state index in [0.29, 0.717) is 5.57 Å². The quantitative estimate of drug-likeness (QED) is 0.654. The fraction of sp³-hybridized carbons (Fsp3) is 0.375. The van der Waals surface area contributed by atoms with Crippen molar-refractivity contribution in [2.45, 2.75) is 38.6 Å². The van der Waals surface area contributed by atoms with Gasteiger partial charge >= 0.3 is 0 Å². The Labute approximate surface area is 184 Å². The monoisotopic (exact) mass is 420 g/mol. The summed E-state index contributed by atoms with van der Waals surface area (Å²) in [4.78, 5) is 23.4. The molecule has 3 aromatic rings. The van der Waals surface area contributed by atoms with Gasteiger partial charge in [0.2, 0.25) is 0 Å². The molecule has 2 aliphatic rings. The van der Waals surface area contributed by atoms with E-state index in [-0.39, 0.29) is 14.3 Å². The average Bonchev–Trinajstić information content (AvgIpc) is 3.48. The maximum absolute atomic E-state index is 12.8. The first-order valence-corrected chi connectivity index (χ1v) is 10.9. The maximum Gasteiger partial charge on any atom is 0.255 e. The molecule has 1 amide bonds. The molecule has 7 nitrogen and oxygen atoms in total. The Kier molecular flexibility index (Phi) is 4.78. The Morgan fingerprint density at radius 2 is 2.06 bits per heavy atom. The third kappa shape index (κ3) is 3.70. The second-order valence-corrected chi connectivity index (χ2v) is 8.81. The lowest BCUT2D eigenvalue weighted by Crippen LogP contribution is -2.43. The number of hydrogen-bond donors (Lipinski definition) is 2. The minimum atomic E-state index is -0.0823. The Morgan fingerprint density at radius 1 is 1.26 bits per heavy atom. The van der Waals surface area contributed by atoms with Crippen LogP contribution in [0.2, 0.25) is 0 Å². The summed E-state index contributed by atoms with van der Waals surface area (Å²) < 4.78 is 1.81. The van der Waals surface area contributed by atoms with E-state index < -0.39 is 0 Å². The number of carbonyl (C=O) groups excluding carboxylic acids is 1. The number of H-pyrrole nitrogens is 1. The molecular weight excluding hydrogens is 388 g/mol. The minimum absolute atomic E-state index is 0. The van der Waals surface area contributed by atoms with Gasteiger partial charge in [-0.05, 0) is 70.5 Å². The van der Waals surface area contributed by atoms with Gasteiger partial charge in [0, 0.05) is 26.7 Å². The predicted molar refractivity (Wildman–Crippen MR) is 127 cm³/mol. The van der Waals surface area contributed by atoms with Crippen molar-refractivity contribution >= 4 is 22.6 Å². The molecule has 1 saturated heterocycles. The number of nitrogens with one attached hydrogen (secondary N) is 2. The Morgan fingerprint density at radius 3 is 2.74 bits per heavy atom. The molecule has 1 unspecified atom stereocenters. The molecule has 0 spiro atoms. The Bertz CT molecular complexity index is 1220. The van der Waals surface area contributed by atoms with Crippen LogP contribution >= 0.6 is 0 Å². The number of carbonyl (C=O) groups is 1. The van der Waals surface area contributed by atoms with Gasteiger partial charge in [0.25, 0.3) is 5.91 Å². The zero-order valence-electron chi connectivity index (χ0n) is 18.3. The average molecular weight is 421 g/mol. The van der Waals surface area contributed by atoms with Gasteiger partial charge in [0.05, 0.1) is 16.7 Å². The predicted octanol–water partition coefficient (Wildman–Crippen LogP) is 4.44. The Balaban J connectivity index is 0.00000153. The lowest BCUT2D eigenvalue weighted by atomic mass is 9.88. The van der Waals surface area contributed by atoms with Crippen LogP contribution in [-0.2, 0) is 11.8 Å². The largest absolute Gasteiger partial charge is 0.337 e. The van der Waals surface area contributed by atoms with E-state index in [1.165, 1.54) is 12.8 Å². The number of aromatic amines is 1. The molecule has 0 radical (unpaired) electrons. The second kappa shape index (κ2) is 7.50. The molecule has 1 aromatic carbocycles. The molecule has 1 fully saturated rings. The van der Waals surface area contributed by atoms with Crippen molar-refractivity contribution in [1.29, 1.82) is 0 Å². The number of hydrogen-bond acceptors (Lipinski definition) is 4. The van der Waals surface area contributed by atoms with Gasteiger partial charge in [-0.3, -0.25) is 14.4 Å². The first-order chi connectivity index (χ1) is 14.9. The van der Waals surface area contributed by atoms with E-state index in [1.807, 2.05) is 49.0 Å². The zero-order chi connectivity index (χ0) is 21.6. The third-order valence-electron chi connectivity index (χ3n) is 6.43. The first kappa shape index (κ1) is 19.8. The molecular formula is C24H32N6O. The van der Waals surface area contributed by atoms with Gasteiger partial charge in [0.15, 0.2) is 5.82 Å². The Hall–Kier alpha value is -3.19. The smallest absolute Gasteiger partial charge is 0.255 e. The molecule has 164 valence electrons. The summed E-state index contributed by atoms with van der Waals surface area (Å²) in [6.07, 6.45) is 9.60. The fourth-order valence-corrected chi connectivity index (χ4v) is 4.60. The summed E-state index contributed by atoms with van der Waals surface area (Å²) in [7, 11) is 1.90. The van der Waals surface area contributed by atoms with Crippen LogP contribution < -0.4 is 5.32 Å². The molecule has 1 aliphatic heterocycles. The summed E-state index contributed by atoms with van der Waals surface area (Å²) in [5.74, 6) is 0.682. The molecule has 7 heteroatoms. The van der Waals surface area contributed by atoms with Crippen LogP contribution in [0, 0.1) is 6.92 Å². The van der Waals surface area contributed by atoms with Crippen LogP contribution in [0.3, 0.4) is 0 Å². The van der Waals surface area contributed by atoms with Crippen molar-refractivity contribution < 1.29 is 7.65 Å². The normalized spacial score (nSPS) is 21.6. The number of aromatic nitrogens is 4. The van der Waals surface area contributed by atoms with Gasteiger partial charge in [-0.2, -0.15) is 5.10 Å². The van der Waals surface area contributed by atoms with E-state index in [4.69, 9.17) is 0 Å². The van der Waals surface area contributed by atoms with E-state index in [0.717, 1.165) is 53.4 Å². The highest BCUT2D eigenvalue weighted by Gasteiger charge is 2.32. The van der Waals surface area contributed by atoms with Crippen LogP contribution in [0.5, 0.6) is 0 Å². The van der Waals surface area contributed by atoms with Gasteiger partial charge in [-0.15, -0.1) is 0 Å². The molecule has 31 heavy (non-hydrogen) atoms. The van der Waals surface area contributed by atoms with E-state index in [9.17, 15) is 4.79 Å². The summed E-state index contributed by atoms with van der Waals surface area (Å²) in [6.45, 7) is 6.50. The minimum Gasteiger partial charge on any atom is -0.337 e. The highest BCUT2D eigenvalue weighted by molar-refractivity contribution is 6.06. The van der Waals surface area contributed by atoms with Crippen molar-refractivity contribution in [1.82, 2.24) is 24.6 Å². The molecule has 5 rings (SSSR count). The molecule has 1 atom stereocenters. The number of benzene rings is 1. The van der Waals surface area contributed by atoms with Crippen LogP contribution in [0.1, 0.15) is 34.7 Å². The number of anilines is 1. The lowest BCUT2D eigenvalue weighted by Gasteiger charge is -2.37. The number of aryl methyl sites for hydroxylation is 2. The van der Waals surface area contributed by atoms with Gasteiger partial charge in [-0.1, -0.05) is 18.2 Å². The number of likely N-dealkylation sites (tertiary alicyclic amines) is 1. The summed E-state index contributed by atoms with van der Waals surface area (Å²) in [5.41, 5.74) is 5.09. The van der Waals surface area contributed by atoms with Crippen LogP contribution in [0.4, 0.5) is 5.69 Å². The highest BCUT2D eigenvalue weighted by atomic mass is 16.1. The SMILES string of the molecule is Cc1cc(-c2nc3ccc(NC(=O)C4=CCC(C)(N5CCCC5)C=C4)cc3[nH]2)n(C)n1.[HH].[HH]. The van der Waals surface area contributed by atoms with Crippen molar-refractivity contribution in [3.05, 3.63) is 53.8 Å². The molecule has 0 saturated carbocycles. The summed E-state index contributed by atoms with van der Waals surface area (Å²) >= 11 is 0. The molecule has 2 aromatic heterocycles. The number of nitrogens with zero attached hydrogens (tertiary/aromatic N) is 4. The second-order valence-electron chi connectivity index (χ2n) is 8.81. The van der Waals surface area contributed by atoms with Crippen LogP contribution in [0.15, 0.2) is 48.1 Å². The molecule has 1 aliphatic carbocycles. The van der Waals surface area contributed by atoms with Gasteiger partial charge in [0.1, 0.15) is 5.69 Å². The van der Waals surface area contributed by atoms with Crippen molar-refractivity contribution in [2.24, 2.45) is 7.05 Å². The standard InChI is InChI=1S/C24H28N6O.2H2/c1-16-14-21(29(3)28-16)22-26-19-7-6-18(15-20(19)27-22)25-23(31)17-8-10-24(2,11-9-17)30-12-4-5-13-30;;/h6-10,14-15H,4-5,11-13H2,1-3H3,(H,25,31)(H,26,27);2*1H. The van der Waals surface area contributed by atoms with Crippen molar-refractivity contribution in [2.75, 3.05) is 18.4 Å². The van der Waals surface area contributed by atoms with E-state index in [2.05, 4.69) is 44.4 Å². The van der Waals surface area contributed by atoms with Gasteiger partial charge in [-0.25, -0.2) is 4.98 Å². The number of rotatable bonds is 4. The van der Waals surface area contributed by atoms with Gasteiger partial charge < -0.3 is 10.3 Å². The number of fused-ring (bicyclic) bond motifs is 1. The topological polar surface area (TPSA) is 78.8 Å². The fourth-order valence-electron chi connectivity index (χ4n) is 4.60. The molecule has 3 heterocycles. The molecule has 2 N–H and O–H groups in total. The lowest BCUT2D eigenvalue weighted by molar-refractivity contribution is -0.112. The van der Waals surface area contributed by atoms with Crippen molar-refractivity contribution in [3.63, 3.8) is 0 Å². The van der Waals surface area contributed by atoms with Crippen LogP contribution in [-0.4, -0.2) is 49.2 Å². The van der Waals surface area contributed by atoms with Crippen molar-refractivity contribution in [3.8, 4) is 11.5 Å². The van der Waals surface area contributed by atoms with Crippen LogP contribution in [0.25, 0.3) is 22.6 Å². The summed E-state index contributed by atoms with van der Waals surface area (Å²) in [5, 5.41) is 7.41. The zero-order valence-corrected chi connectivity index (χ0v) is 18.3. The molecule has 0 bridgehead atoms. The highest BCUT2D eigenvalue weighted by Crippen LogP contribution is 2.31. The van der Waals surface area contributed by atoms with E-state index >= 15 is 0 Å². The summed E-state index contributed by atoms with van der Waals surface area (Å²) in [6, 6.07) is 7.73. The van der Waals surface area contributed by atoms with E-state index in [1.54, 1.807) is 0 Å².